The normalized spacial score (nSPS) is 27.0. The number of nitrogens with zero attached hydrogens (tertiary/aromatic N) is 2. The van der Waals surface area contributed by atoms with E-state index in [0.29, 0.717) is 6.04 Å². The third kappa shape index (κ3) is 2.44. The Morgan fingerprint density at radius 2 is 1.58 bits per heavy atom. The van der Waals surface area contributed by atoms with Crippen molar-refractivity contribution in [3.63, 3.8) is 0 Å². The molecule has 1 saturated heterocycles. The second-order valence-corrected chi connectivity index (χ2v) is 3.94. The van der Waals surface area contributed by atoms with E-state index in [2.05, 4.69) is 30.7 Å². The number of nitrogens with two attached hydrogens (primary N) is 1. The van der Waals surface area contributed by atoms with Crippen molar-refractivity contribution in [3.05, 3.63) is 0 Å². The zero-order valence-corrected chi connectivity index (χ0v) is 8.45. The molecule has 0 spiro atoms. The van der Waals surface area contributed by atoms with Gasteiger partial charge < -0.3 is 10.6 Å². The Morgan fingerprint density at radius 1 is 1.08 bits per heavy atom. The van der Waals surface area contributed by atoms with Crippen LogP contribution in [-0.2, 0) is 0 Å². The molecular formula is C9H21N3. The minimum absolute atomic E-state index is 0.286. The molecule has 1 fully saturated rings. The highest BCUT2D eigenvalue weighted by atomic mass is 15.3. The van der Waals surface area contributed by atoms with Crippen molar-refractivity contribution in [2.24, 2.45) is 5.73 Å². The van der Waals surface area contributed by atoms with Crippen molar-refractivity contribution in [3.8, 4) is 0 Å². The van der Waals surface area contributed by atoms with Crippen molar-refractivity contribution >= 4 is 0 Å². The first-order valence-corrected chi connectivity index (χ1v) is 4.79. The summed E-state index contributed by atoms with van der Waals surface area (Å²) >= 11 is 0. The van der Waals surface area contributed by atoms with Crippen LogP contribution in [0.5, 0.6) is 0 Å². The summed E-state index contributed by atoms with van der Waals surface area (Å²) in [4.78, 5) is 4.84. The summed E-state index contributed by atoms with van der Waals surface area (Å²) in [7, 11) is 2.17. The predicted octanol–water partition coefficient (Wildman–Crippen LogP) is -0.0305. The van der Waals surface area contributed by atoms with E-state index in [-0.39, 0.29) is 6.04 Å². The third-order valence-electron chi connectivity index (χ3n) is 2.87. The molecule has 1 rings (SSSR count). The van der Waals surface area contributed by atoms with E-state index in [9.17, 15) is 0 Å². The molecule has 3 heteroatoms. The summed E-state index contributed by atoms with van der Waals surface area (Å²) in [6.07, 6.45) is 0. The van der Waals surface area contributed by atoms with E-state index in [0.717, 1.165) is 0 Å². The van der Waals surface area contributed by atoms with E-state index in [4.69, 9.17) is 5.73 Å². The molecule has 0 aliphatic carbocycles. The van der Waals surface area contributed by atoms with Crippen LogP contribution < -0.4 is 5.73 Å². The molecule has 12 heavy (non-hydrogen) atoms. The Kier molecular flexibility index (Phi) is 3.50. The Labute approximate surface area is 75.5 Å². The van der Waals surface area contributed by atoms with E-state index in [1.54, 1.807) is 0 Å². The van der Waals surface area contributed by atoms with Gasteiger partial charge in [-0.15, -0.1) is 0 Å². The minimum Gasteiger partial charge on any atom is -0.327 e. The Bertz CT molecular complexity index is 128. The van der Waals surface area contributed by atoms with Crippen LogP contribution in [0.25, 0.3) is 0 Å². The van der Waals surface area contributed by atoms with Gasteiger partial charge in [0.05, 0.1) is 0 Å². The highest BCUT2D eigenvalue weighted by molar-refractivity contribution is 4.79. The van der Waals surface area contributed by atoms with Crippen molar-refractivity contribution in [1.29, 1.82) is 0 Å². The lowest BCUT2D eigenvalue weighted by molar-refractivity contribution is 0.109. The first kappa shape index (κ1) is 9.96. The quantitative estimate of drug-likeness (QED) is 0.633. The molecular weight excluding hydrogens is 150 g/mol. The highest BCUT2D eigenvalue weighted by Crippen LogP contribution is 2.06. The largest absolute Gasteiger partial charge is 0.327 e. The topological polar surface area (TPSA) is 32.5 Å². The molecule has 0 radical (unpaired) electrons. The summed E-state index contributed by atoms with van der Waals surface area (Å²) in [5.74, 6) is 0. The Balaban J connectivity index is 2.34. The van der Waals surface area contributed by atoms with Crippen molar-refractivity contribution < 1.29 is 0 Å². The summed E-state index contributed by atoms with van der Waals surface area (Å²) in [5.41, 5.74) is 5.85. The lowest BCUT2D eigenvalue weighted by atomic mass is 10.1. The summed E-state index contributed by atoms with van der Waals surface area (Å²) in [5, 5.41) is 0. The van der Waals surface area contributed by atoms with Gasteiger partial charge in [0.15, 0.2) is 0 Å². The van der Waals surface area contributed by atoms with Crippen LogP contribution in [0.4, 0.5) is 0 Å². The van der Waals surface area contributed by atoms with Crippen LogP contribution in [0.1, 0.15) is 13.8 Å². The minimum atomic E-state index is 0.286. The molecule has 0 bridgehead atoms. The van der Waals surface area contributed by atoms with E-state index >= 15 is 0 Å². The maximum absolute atomic E-state index is 5.85. The predicted molar refractivity (Wildman–Crippen MR) is 52.2 cm³/mol. The summed E-state index contributed by atoms with van der Waals surface area (Å²) in [6.45, 7) is 8.99. The molecule has 0 aromatic heterocycles. The van der Waals surface area contributed by atoms with Crippen LogP contribution in [0.15, 0.2) is 0 Å². The molecule has 1 aliphatic rings. The number of piperazine rings is 1. The van der Waals surface area contributed by atoms with Gasteiger partial charge in [0, 0.05) is 38.3 Å². The van der Waals surface area contributed by atoms with E-state index in [1.807, 2.05) is 0 Å². The lowest BCUT2D eigenvalue weighted by Gasteiger charge is -2.37. The maximum atomic E-state index is 5.85. The average molecular weight is 171 g/mol. The fraction of sp³-hybridized carbons (Fsp3) is 1.00. The lowest BCUT2D eigenvalue weighted by Crippen LogP contribution is -2.52. The van der Waals surface area contributed by atoms with Gasteiger partial charge >= 0.3 is 0 Å². The molecule has 0 aromatic rings. The number of hydrogen-bond donors (Lipinski definition) is 1. The van der Waals surface area contributed by atoms with Gasteiger partial charge in [-0.2, -0.15) is 0 Å². The zero-order chi connectivity index (χ0) is 9.14. The van der Waals surface area contributed by atoms with Crippen LogP contribution in [0.2, 0.25) is 0 Å². The van der Waals surface area contributed by atoms with E-state index in [1.165, 1.54) is 26.2 Å². The molecule has 0 aromatic carbocycles. The van der Waals surface area contributed by atoms with Gasteiger partial charge in [0.2, 0.25) is 0 Å². The van der Waals surface area contributed by atoms with Crippen molar-refractivity contribution in [1.82, 2.24) is 9.80 Å². The van der Waals surface area contributed by atoms with Crippen LogP contribution in [0, 0.1) is 0 Å². The smallest absolute Gasteiger partial charge is 0.0217 e. The average Bonchev–Trinajstić information content (AvgIpc) is 2.04. The highest BCUT2D eigenvalue weighted by Gasteiger charge is 2.20. The third-order valence-corrected chi connectivity index (χ3v) is 2.87. The van der Waals surface area contributed by atoms with Gasteiger partial charge in [-0.25, -0.2) is 0 Å². The Hall–Kier alpha value is -0.120. The Morgan fingerprint density at radius 3 is 2.00 bits per heavy atom. The second kappa shape index (κ2) is 4.21. The molecule has 2 atom stereocenters. The van der Waals surface area contributed by atoms with Crippen molar-refractivity contribution in [2.75, 3.05) is 33.2 Å². The number of likely N-dealkylation sites (N-methyl/N-ethyl adjacent to an activating group) is 1. The zero-order valence-electron chi connectivity index (χ0n) is 8.45. The first-order chi connectivity index (χ1) is 5.61. The molecule has 72 valence electrons. The van der Waals surface area contributed by atoms with Gasteiger partial charge in [-0.1, -0.05) is 0 Å². The molecule has 0 saturated carbocycles. The van der Waals surface area contributed by atoms with Crippen LogP contribution >= 0.6 is 0 Å². The SMILES string of the molecule is C[C@@H](N)[C@H](C)N1CCN(C)CC1. The first-order valence-electron chi connectivity index (χ1n) is 4.79. The standard InChI is InChI=1S/C9H21N3/c1-8(10)9(2)12-6-4-11(3)5-7-12/h8-9H,4-7,10H2,1-3H3/t8-,9+/m1/s1. The fourth-order valence-electron chi connectivity index (χ4n) is 1.56. The second-order valence-electron chi connectivity index (χ2n) is 3.94. The molecule has 3 nitrogen and oxygen atoms in total. The van der Waals surface area contributed by atoms with Gasteiger partial charge in [-0.3, -0.25) is 4.90 Å². The summed E-state index contributed by atoms with van der Waals surface area (Å²) < 4.78 is 0. The van der Waals surface area contributed by atoms with Crippen LogP contribution in [-0.4, -0.2) is 55.1 Å². The summed E-state index contributed by atoms with van der Waals surface area (Å²) in [6, 6.07) is 0.812. The maximum Gasteiger partial charge on any atom is 0.0217 e. The molecule has 0 amide bonds. The molecule has 1 heterocycles. The fourth-order valence-corrected chi connectivity index (χ4v) is 1.56. The monoisotopic (exact) mass is 171 g/mol. The van der Waals surface area contributed by atoms with E-state index < -0.39 is 0 Å². The molecule has 1 aliphatic heterocycles. The molecule has 0 unspecified atom stereocenters. The van der Waals surface area contributed by atoms with Crippen molar-refractivity contribution in [2.45, 2.75) is 25.9 Å². The van der Waals surface area contributed by atoms with Crippen LogP contribution in [0.3, 0.4) is 0 Å². The van der Waals surface area contributed by atoms with Gasteiger partial charge in [0.25, 0.3) is 0 Å². The van der Waals surface area contributed by atoms with Gasteiger partial charge in [-0.05, 0) is 20.9 Å². The number of rotatable bonds is 2. The van der Waals surface area contributed by atoms with Gasteiger partial charge in [0.1, 0.15) is 0 Å². The number of hydrogen-bond acceptors (Lipinski definition) is 3. The molecule has 2 N–H and O–H groups in total.